The third kappa shape index (κ3) is 4.10. The van der Waals surface area contributed by atoms with Gasteiger partial charge in [0.1, 0.15) is 5.76 Å². The number of carbonyl (C=O) groups excluding carboxylic acids is 1. The molecule has 1 aromatic rings. The number of rotatable bonds is 6. The molecule has 1 rings (SSSR count). The maximum atomic E-state index is 11.4. The van der Waals surface area contributed by atoms with Crippen molar-refractivity contribution in [2.45, 2.75) is 20.4 Å². The molecule has 0 aliphatic rings. The van der Waals surface area contributed by atoms with Crippen LogP contribution < -0.4 is 5.32 Å². The van der Waals surface area contributed by atoms with Crippen LogP contribution in [0.5, 0.6) is 0 Å². The van der Waals surface area contributed by atoms with E-state index in [0.29, 0.717) is 18.8 Å². The number of amides is 1. The summed E-state index contributed by atoms with van der Waals surface area (Å²) < 4.78 is 5.15. The lowest BCUT2D eigenvalue weighted by atomic mass is 10.1. The minimum atomic E-state index is -1.07. The van der Waals surface area contributed by atoms with E-state index in [1.807, 2.05) is 18.9 Å². The molecule has 0 radical (unpaired) electrons. The molecule has 0 bridgehead atoms. The van der Waals surface area contributed by atoms with Crippen molar-refractivity contribution in [2.75, 3.05) is 20.6 Å². The molecule has 0 spiro atoms. The summed E-state index contributed by atoms with van der Waals surface area (Å²) in [5, 5.41) is 11.4. The van der Waals surface area contributed by atoms with Crippen LogP contribution in [0, 0.1) is 12.8 Å². The largest absolute Gasteiger partial charge is 0.475 e. The number of hydrogen-bond acceptors (Lipinski definition) is 4. The number of carboxylic acids is 1. The summed E-state index contributed by atoms with van der Waals surface area (Å²) in [5.41, 5.74) is 0.823. The van der Waals surface area contributed by atoms with E-state index >= 15 is 0 Å². The smallest absolute Gasteiger partial charge is 0.371 e. The molecule has 1 unspecified atom stereocenters. The SMILES string of the molecule is CNC(=O)C(C)CN(C)Cc1cc(C(=O)O)oc1C. The van der Waals surface area contributed by atoms with E-state index in [0.717, 1.165) is 5.56 Å². The quantitative estimate of drug-likeness (QED) is 0.807. The van der Waals surface area contributed by atoms with Crippen LogP contribution in [0.3, 0.4) is 0 Å². The second-order valence-corrected chi connectivity index (χ2v) is 4.71. The molecule has 6 heteroatoms. The summed E-state index contributed by atoms with van der Waals surface area (Å²) in [4.78, 5) is 24.2. The lowest BCUT2D eigenvalue weighted by molar-refractivity contribution is -0.124. The molecule has 19 heavy (non-hydrogen) atoms. The predicted octanol–water partition coefficient (Wildman–Crippen LogP) is 1.10. The van der Waals surface area contributed by atoms with E-state index < -0.39 is 5.97 Å². The summed E-state index contributed by atoms with van der Waals surface area (Å²) in [6.07, 6.45) is 0. The van der Waals surface area contributed by atoms with E-state index in [1.54, 1.807) is 14.0 Å². The zero-order valence-corrected chi connectivity index (χ0v) is 11.7. The summed E-state index contributed by atoms with van der Waals surface area (Å²) in [5.74, 6) is -0.670. The van der Waals surface area contributed by atoms with Gasteiger partial charge in [0.05, 0.1) is 0 Å². The Hall–Kier alpha value is -1.82. The molecule has 0 saturated heterocycles. The molecule has 1 amide bonds. The van der Waals surface area contributed by atoms with Gasteiger partial charge in [0.2, 0.25) is 11.7 Å². The first-order valence-corrected chi connectivity index (χ1v) is 6.07. The molecule has 0 aliphatic heterocycles. The highest BCUT2D eigenvalue weighted by Crippen LogP contribution is 2.16. The van der Waals surface area contributed by atoms with Gasteiger partial charge >= 0.3 is 5.97 Å². The van der Waals surface area contributed by atoms with Crippen molar-refractivity contribution in [3.8, 4) is 0 Å². The Kier molecular flexibility index (Phi) is 5.11. The number of carboxylic acid groups (broad SMARTS) is 1. The number of hydrogen-bond donors (Lipinski definition) is 2. The van der Waals surface area contributed by atoms with Crippen molar-refractivity contribution in [1.29, 1.82) is 0 Å². The fourth-order valence-corrected chi connectivity index (χ4v) is 1.93. The number of aromatic carboxylic acids is 1. The van der Waals surface area contributed by atoms with Gasteiger partial charge in [0.25, 0.3) is 0 Å². The summed E-state index contributed by atoms with van der Waals surface area (Å²) >= 11 is 0. The van der Waals surface area contributed by atoms with Gasteiger partial charge in [-0.1, -0.05) is 6.92 Å². The summed E-state index contributed by atoms with van der Waals surface area (Å²) in [6, 6.07) is 1.53. The molecule has 1 aromatic heterocycles. The van der Waals surface area contributed by atoms with Gasteiger partial charge < -0.3 is 19.7 Å². The molecule has 6 nitrogen and oxygen atoms in total. The Morgan fingerprint density at radius 3 is 2.63 bits per heavy atom. The van der Waals surface area contributed by atoms with Crippen LogP contribution in [0.25, 0.3) is 0 Å². The maximum Gasteiger partial charge on any atom is 0.371 e. The normalized spacial score (nSPS) is 12.5. The van der Waals surface area contributed by atoms with Crippen LogP contribution in [-0.2, 0) is 11.3 Å². The van der Waals surface area contributed by atoms with Gasteiger partial charge in [-0.3, -0.25) is 4.79 Å². The first-order chi connectivity index (χ1) is 8.85. The molecule has 0 fully saturated rings. The zero-order chi connectivity index (χ0) is 14.6. The van der Waals surface area contributed by atoms with Gasteiger partial charge in [0, 0.05) is 31.6 Å². The van der Waals surface area contributed by atoms with E-state index in [4.69, 9.17) is 9.52 Å². The maximum absolute atomic E-state index is 11.4. The molecule has 1 heterocycles. The van der Waals surface area contributed by atoms with Crippen molar-refractivity contribution >= 4 is 11.9 Å². The number of aryl methyl sites for hydroxylation is 1. The van der Waals surface area contributed by atoms with E-state index in [-0.39, 0.29) is 17.6 Å². The topological polar surface area (TPSA) is 82.8 Å². The monoisotopic (exact) mass is 268 g/mol. The minimum absolute atomic E-state index is 0.0120. The highest BCUT2D eigenvalue weighted by atomic mass is 16.4. The molecule has 0 saturated carbocycles. The Labute approximate surface area is 112 Å². The highest BCUT2D eigenvalue weighted by Gasteiger charge is 2.17. The van der Waals surface area contributed by atoms with Gasteiger partial charge in [-0.15, -0.1) is 0 Å². The lowest BCUT2D eigenvalue weighted by Crippen LogP contribution is -2.34. The number of nitrogens with one attached hydrogen (secondary N) is 1. The third-order valence-electron chi connectivity index (χ3n) is 2.95. The molecule has 0 aromatic carbocycles. The number of nitrogens with zero attached hydrogens (tertiary/aromatic N) is 1. The predicted molar refractivity (Wildman–Crippen MR) is 70.0 cm³/mol. The second-order valence-electron chi connectivity index (χ2n) is 4.71. The molecule has 2 N–H and O–H groups in total. The Bertz CT molecular complexity index is 467. The molecule has 1 atom stereocenters. The van der Waals surface area contributed by atoms with Crippen molar-refractivity contribution in [1.82, 2.24) is 10.2 Å². The minimum Gasteiger partial charge on any atom is -0.475 e. The zero-order valence-electron chi connectivity index (χ0n) is 11.7. The van der Waals surface area contributed by atoms with E-state index in [2.05, 4.69) is 5.32 Å². The van der Waals surface area contributed by atoms with Gasteiger partial charge in [-0.2, -0.15) is 0 Å². The number of carbonyl (C=O) groups is 2. The lowest BCUT2D eigenvalue weighted by Gasteiger charge is -2.19. The molecular formula is C13H20N2O4. The first-order valence-electron chi connectivity index (χ1n) is 6.07. The van der Waals surface area contributed by atoms with Gasteiger partial charge in [0.15, 0.2) is 0 Å². The summed E-state index contributed by atoms with van der Waals surface area (Å²) in [6.45, 7) is 4.72. The highest BCUT2D eigenvalue weighted by molar-refractivity contribution is 5.84. The fraction of sp³-hybridized carbons (Fsp3) is 0.538. The average Bonchev–Trinajstić information content (AvgIpc) is 2.69. The van der Waals surface area contributed by atoms with Crippen LogP contribution in [0.1, 0.15) is 28.8 Å². The van der Waals surface area contributed by atoms with Crippen LogP contribution in [-0.4, -0.2) is 42.5 Å². The van der Waals surface area contributed by atoms with E-state index in [9.17, 15) is 9.59 Å². The van der Waals surface area contributed by atoms with Crippen LogP contribution in [0.2, 0.25) is 0 Å². The van der Waals surface area contributed by atoms with Crippen LogP contribution in [0.4, 0.5) is 0 Å². The van der Waals surface area contributed by atoms with Crippen LogP contribution >= 0.6 is 0 Å². The van der Waals surface area contributed by atoms with Crippen molar-refractivity contribution in [2.24, 2.45) is 5.92 Å². The fourth-order valence-electron chi connectivity index (χ4n) is 1.93. The van der Waals surface area contributed by atoms with Gasteiger partial charge in [-0.25, -0.2) is 4.79 Å². The summed E-state index contributed by atoms with van der Waals surface area (Å²) in [7, 11) is 3.49. The van der Waals surface area contributed by atoms with Crippen molar-refractivity contribution < 1.29 is 19.1 Å². The Morgan fingerprint density at radius 2 is 2.16 bits per heavy atom. The standard InChI is InChI=1S/C13H20N2O4/c1-8(12(16)14-3)6-15(4)7-10-5-11(13(17)18)19-9(10)2/h5,8H,6-7H2,1-4H3,(H,14,16)(H,17,18). The first kappa shape index (κ1) is 15.2. The molecular weight excluding hydrogens is 248 g/mol. The Morgan fingerprint density at radius 1 is 1.53 bits per heavy atom. The Balaban J connectivity index is 2.64. The van der Waals surface area contributed by atoms with Crippen molar-refractivity contribution in [3.05, 3.63) is 23.2 Å². The number of furan rings is 1. The molecule has 0 aliphatic carbocycles. The molecule has 106 valence electrons. The third-order valence-corrected chi connectivity index (χ3v) is 2.95. The average molecular weight is 268 g/mol. The second kappa shape index (κ2) is 6.38. The van der Waals surface area contributed by atoms with Gasteiger partial charge in [-0.05, 0) is 20.0 Å². The van der Waals surface area contributed by atoms with Crippen molar-refractivity contribution in [3.63, 3.8) is 0 Å². The van der Waals surface area contributed by atoms with E-state index in [1.165, 1.54) is 6.07 Å². The van der Waals surface area contributed by atoms with Crippen LogP contribution in [0.15, 0.2) is 10.5 Å².